The van der Waals surface area contributed by atoms with Crippen molar-refractivity contribution in [1.29, 1.82) is 0 Å². The summed E-state index contributed by atoms with van der Waals surface area (Å²) in [6.45, 7) is 1.18. The van der Waals surface area contributed by atoms with Crippen molar-refractivity contribution in [2.75, 3.05) is 11.9 Å². The van der Waals surface area contributed by atoms with E-state index in [0.29, 0.717) is 26.0 Å². The van der Waals surface area contributed by atoms with Crippen LogP contribution in [0.1, 0.15) is 18.4 Å². The predicted octanol–water partition coefficient (Wildman–Crippen LogP) is 3.12. The topological polar surface area (TPSA) is 69.0 Å². The Bertz CT molecular complexity index is 771. The maximum atomic E-state index is 12.0. The summed E-state index contributed by atoms with van der Waals surface area (Å²) in [7, 11) is 0. The van der Waals surface area contributed by atoms with Crippen molar-refractivity contribution in [1.82, 2.24) is 14.8 Å². The van der Waals surface area contributed by atoms with Gasteiger partial charge in [0.05, 0.1) is 13.2 Å². The van der Waals surface area contributed by atoms with E-state index in [1.54, 1.807) is 11.0 Å². The van der Waals surface area contributed by atoms with Gasteiger partial charge in [-0.1, -0.05) is 30.3 Å². The van der Waals surface area contributed by atoms with Crippen LogP contribution in [0.3, 0.4) is 0 Å². The van der Waals surface area contributed by atoms with Crippen LogP contribution in [0.5, 0.6) is 5.75 Å². The fourth-order valence-corrected chi connectivity index (χ4v) is 2.36. The zero-order chi connectivity index (χ0) is 17.3. The Balaban J connectivity index is 1.38. The van der Waals surface area contributed by atoms with Crippen molar-refractivity contribution in [2.45, 2.75) is 19.4 Å². The first-order valence-corrected chi connectivity index (χ1v) is 8.19. The van der Waals surface area contributed by atoms with Crippen LogP contribution < -0.4 is 10.1 Å². The number of hydrogen-bond acceptors (Lipinski definition) is 4. The number of para-hydroxylation sites is 1. The van der Waals surface area contributed by atoms with Crippen molar-refractivity contribution < 1.29 is 9.53 Å². The van der Waals surface area contributed by atoms with Gasteiger partial charge in [0.25, 0.3) is 0 Å². The highest BCUT2D eigenvalue weighted by Crippen LogP contribution is 2.12. The molecule has 1 N–H and O–H groups in total. The second-order valence-electron chi connectivity index (χ2n) is 5.60. The number of carbonyl (C=O) groups is 1. The van der Waals surface area contributed by atoms with Gasteiger partial charge in [0.1, 0.15) is 18.4 Å². The molecule has 2 aromatic carbocycles. The monoisotopic (exact) mass is 336 g/mol. The Labute approximate surface area is 146 Å². The normalized spacial score (nSPS) is 10.4. The molecule has 0 spiro atoms. The number of ether oxygens (including phenoxy) is 1. The second-order valence-corrected chi connectivity index (χ2v) is 5.60. The highest BCUT2D eigenvalue weighted by atomic mass is 16.5. The minimum atomic E-state index is -0.0133. The van der Waals surface area contributed by atoms with Gasteiger partial charge in [-0.25, -0.2) is 9.67 Å². The molecular formula is C19H20N4O2. The van der Waals surface area contributed by atoms with Gasteiger partial charge in [-0.2, -0.15) is 5.10 Å². The summed E-state index contributed by atoms with van der Waals surface area (Å²) in [5, 5.41) is 6.97. The van der Waals surface area contributed by atoms with E-state index in [1.807, 2.05) is 54.6 Å². The largest absolute Gasteiger partial charge is 0.494 e. The number of anilines is 1. The molecule has 3 aromatic rings. The first-order valence-electron chi connectivity index (χ1n) is 8.19. The average Bonchev–Trinajstić information content (AvgIpc) is 3.14. The van der Waals surface area contributed by atoms with Gasteiger partial charge in [0, 0.05) is 12.1 Å². The lowest BCUT2D eigenvalue weighted by molar-refractivity contribution is -0.116. The van der Waals surface area contributed by atoms with Crippen molar-refractivity contribution in [3.63, 3.8) is 0 Å². The Kier molecular flexibility index (Phi) is 5.77. The highest BCUT2D eigenvalue weighted by Gasteiger charge is 2.03. The van der Waals surface area contributed by atoms with Gasteiger partial charge < -0.3 is 10.1 Å². The van der Waals surface area contributed by atoms with Gasteiger partial charge in [0.2, 0.25) is 5.91 Å². The van der Waals surface area contributed by atoms with Crippen LogP contribution in [0.2, 0.25) is 0 Å². The van der Waals surface area contributed by atoms with Gasteiger partial charge >= 0.3 is 0 Å². The van der Waals surface area contributed by atoms with Crippen LogP contribution in [-0.4, -0.2) is 27.3 Å². The summed E-state index contributed by atoms with van der Waals surface area (Å²) in [5.74, 6) is 0.812. The minimum absolute atomic E-state index is 0.0133. The van der Waals surface area contributed by atoms with Crippen molar-refractivity contribution in [3.05, 3.63) is 72.8 Å². The molecule has 0 radical (unpaired) electrons. The molecular weight excluding hydrogens is 316 g/mol. The predicted molar refractivity (Wildman–Crippen MR) is 95.4 cm³/mol. The molecule has 1 aromatic heterocycles. The van der Waals surface area contributed by atoms with E-state index >= 15 is 0 Å². The fraction of sp³-hybridized carbons (Fsp3) is 0.211. The third kappa shape index (κ3) is 5.46. The van der Waals surface area contributed by atoms with E-state index in [1.165, 1.54) is 6.33 Å². The molecule has 6 heteroatoms. The summed E-state index contributed by atoms with van der Waals surface area (Å²) in [6.07, 6.45) is 4.28. The van der Waals surface area contributed by atoms with Crippen molar-refractivity contribution in [2.24, 2.45) is 0 Å². The van der Waals surface area contributed by atoms with Crippen LogP contribution in [0.4, 0.5) is 5.69 Å². The molecule has 0 saturated heterocycles. The SMILES string of the molecule is O=C(CCCOc1ccccc1)Nc1ccc(Cn2cncn2)cc1. The number of nitrogens with one attached hydrogen (secondary N) is 1. The van der Waals surface area contributed by atoms with E-state index in [-0.39, 0.29) is 5.91 Å². The molecule has 0 aliphatic rings. The Hall–Kier alpha value is -3.15. The number of nitrogens with zero attached hydrogens (tertiary/aromatic N) is 3. The molecule has 128 valence electrons. The molecule has 1 amide bonds. The molecule has 0 unspecified atom stereocenters. The molecule has 25 heavy (non-hydrogen) atoms. The molecule has 0 aliphatic carbocycles. The Morgan fingerprint density at radius 1 is 1.08 bits per heavy atom. The number of carbonyl (C=O) groups excluding carboxylic acids is 1. The van der Waals surface area contributed by atoms with E-state index in [0.717, 1.165) is 17.0 Å². The molecule has 0 fully saturated rings. The smallest absolute Gasteiger partial charge is 0.224 e. The molecule has 0 bridgehead atoms. The molecule has 0 saturated carbocycles. The van der Waals surface area contributed by atoms with Crippen LogP contribution in [0.15, 0.2) is 67.3 Å². The molecule has 1 heterocycles. The summed E-state index contributed by atoms with van der Waals surface area (Å²) in [4.78, 5) is 15.9. The third-order valence-electron chi connectivity index (χ3n) is 3.61. The third-order valence-corrected chi connectivity index (χ3v) is 3.61. The molecule has 3 rings (SSSR count). The van der Waals surface area contributed by atoms with E-state index in [2.05, 4.69) is 15.4 Å². The van der Waals surface area contributed by atoms with Crippen LogP contribution in [0, 0.1) is 0 Å². The number of benzene rings is 2. The first-order chi connectivity index (χ1) is 12.3. The van der Waals surface area contributed by atoms with Crippen molar-refractivity contribution >= 4 is 11.6 Å². The summed E-state index contributed by atoms with van der Waals surface area (Å²) < 4.78 is 7.33. The van der Waals surface area contributed by atoms with Gasteiger partial charge in [-0.15, -0.1) is 0 Å². The van der Waals surface area contributed by atoms with Crippen LogP contribution in [-0.2, 0) is 11.3 Å². The summed E-state index contributed by atoms with van der Waals surface area (Å²) >= 11 is 0. The quantitative estimate of drug-likeness (QED) is 0.642. The number of amides is 1. The number of aromatic nitrogens is 3. The molecule has 0 aliphatic heterocycles. The van der Waals surface area contributed by atoms with Gasteiger partial charge in [0.15, 0.2) is 0 Å². The minimum Gasteiger partial charge on any atom is -0.494 e. The highest BCUT2D eigenvalue weighted by molar-refractivity contribution is 5.90. The van der Waals surface area contributed by atoms with E-state index in [9.17, 15) is 4.79 Å². The maximum Gasteiger partial charge on any atom is 0.224 e. The van der Waals surface area contributed by atoms with Gasteiger partial charge in [-0.05, 0) is 36.2 Å². The maximum absolute atomic E-state index is 12.0. The van der Waals surface area contributed by atoms with E-state index < -0.39 is 0 Å². The van der Waals surface area contributed by atoms with Gasteiger partial charge in [-0.3, -0.25) is 4.79 Å². The lowest BCUT2D eigenvalue weighted by Crippen LogP contribution is -2.12. The van der Waals surface area contributed by atoms with Crippen LogP contribution in [0.25, 0.3) is 0 Å². The van der Waals surface area contributed by atoms with E-state index in [4.69, 9.17) is 4.74 Å². The van der Waals surface area contributed by atoms with Crippen molar-refractivity contribution in [3.8, 4) is 5.75 Å². The number of rotatable bonds is 8. The fourth-order valence-electron chi connectivity index (χ4n) is 2.36. The Morgan fingerprint density at radius 2 is 1.88 bits per heavy atom. The Morgan fingerprint density at radius 3 is 2.60 bits per heavy atom. The zero-order valence-electron chi connectivity index (χ0n) is 13.8. The molecule has 0 atom stereocenters. The summed E-state index contributed by atoms with van der Waals surface area (Å²) in [5.41, 5.74) is 1.89. The summed E-state index contributed by atoms with van der Waals surface area (Å²) in [6, 6.07) is 17.3. The second kappa shape index (κ2) is 8.63. The lowest BCUT2D eigenvalue weighted by Gasteiger charge is -2.08. The standard InChI is InChI=1S/C19H20N4O2/c24-19(7-4-12-25-18-5-2-1-3-6-18)22-17-10-8-16(9-11-17)13-23-15-20-14-21-23/h1-3,5-6,8-11,14-15H,4,7,12-13H2,(H,22,24). The van der Waals surface area contributed by atoms with Crippen LogP contribution >= 0.6 is 0 Å². The average molecular weight is 336 g/mol. The first kappa shape index (κ1) is 16.7. The lowest BCUT2D eigenvalue weighted by atomic mass is 10.2. The molecule has 6 nitrogen and oxygen atoms in total. The zero-order valence-corrected chi connectivity index (χ0v) is 13.8. The number of hydrogen-bond donors (Lipinski definition) is 1.